The molecule has 2 N–H and O–H groups in total. The van der Waals surface area contributed by atoms with Crippen molar-refractivity contribution in [1.82, 2.24) is 10.4 Å². The number of carbonyl (C=O) groups excluding carboxylic acids is 1. The molecule has 0 atom stereocenters. The molecule has 2 heterocycles. The van der Waals surface area contributed by atoms with E-state index in [1.807, 2.05) is 25.1 Å². The third-order valence-corrected chi connectivity index (χ3v) is 2.93. The maximum absolute atomic E-state index is 11.6. The minimum Gasteiger partial charge on any atom is -0.493 e. The molecule has 18 heavy (non-hydrogen) atoms. The van der Waals surface area contributed by atoms with E-state index >= 15 is 0 Å². The molecule has 6 heteroatoms. The molecule has 1 aromatic rings. The third-order valence-electron chi connectivity index (χ3n) is 2.93. The third kappa shape index (κ3) is 1.97. The van der Waals surface area contributed by atoms with E-state index in [4.69, 9.17) is 4.74 Å². The Bertz CT molecular complexity index is 527. The van der Waals surface area contributed by atoms with E-state index < -0.39 is 0 Å². The van der Waals surface area contributed by atoms with Crippen molar-refractivity contribution in [3.05, 3.63) is 23.8 Å². The van der Waals surface area contributed by atoms with Gasteiger partial charge in [-0.15, -0.1) is 0 Å². The SMILES string of the molecule is CC1=NNC(=O)N(Nc2ccc3c(c2)CCO3)C1. The highest BCUT2D eigenvalue weighted by Gasteiger charge is 2.19. The van der Waals surface area contributed by atoms with Gasteiger partial charge in [0.15, 0.2) is 0 Å². The maximum Gasteiger partial charge on any atom is 0.356 e. The van der Waals surface area contributed by atoms with Gasteiger partial charge in [-0.2, -0.15) is 5.10 Å². The van der Waals surface area contributed by atoms with Gasteiger partial charge in [-0.3, -0.25) is 5.43 Å². The maximum atomic E-state index is 11.6. The average molecular weight is 246 g/mol. The van der Waals surface area contributed by atoms with Crippen LogP contribution in [0.1, 0.15) is 12.5 Å². The van der Waals surface area contributed by atoms with Crippen molar-refractivity contribution in [3.63, 3.8) is 0 Å². The van der Waals surface area contributed by atoms with Crippen LogP contribution in [-0.2, 0) is 6.42 Å². The monoisotopic (exact) mass is 246 g/mol. The number of urea groups is 1. The van der Waals surface area contributed by atoms with Gasteiger partial charge in [0.05, 0.1) is 24.6 Å². The molecule has 2 aliphatic rings. The Morgan fingerprint density at radius 1 is 1.50 bits per heavy atom. The van der Waals surface area contributed by atoms with Gasteiger partial charge in [-0.25, -0.2) is 15.2 Å². The van der Waals surface area contributed by atoms with Crippen molar-refractivity contribution in [2.45, 2.75) is 13.3 Å². The van der Waals surface area contributed by atoms with Crippen LogP contribution < -0.4 is 15.6 Å². The summed E-state index contributed by atoms with van der Waals surface area (Å²) in [7, 11) is 0. The second kappa shape index (κ2) is 4.21. The minimum absolute atomic E-state index is 0.252. The number of nitrogens with one attached hydrogen (secondary N) is 2. The number of carbonyl (C=O) groups is 1. The molecule has 2 aliphatic heterocycles. The average Bonchev–Trinajstić information content (AvgIpc) is 2.81. The van der Waals surface area contributed by atoms with E-state index in [1.54, 1.807) is 0 Å². The minimum atomic E-state index is -0.252. The van der Waals surface area contributed by atoms with E-state index in [1.165, 1.54) is 10.6 Å². The van der Waals surface area contributed by atoms with E-state index in [0.717, 1.165) is 30.2 Å². The molecule has 0 bridgehead atoms. The largest absolute Gasteiger partial charge is 0.493 e. The van der Waals surface area contributed by atoms with Gasteiger partial charge in [0.2, 0.25) is 0 Å². The normalized spacial score (nSPS) is 17.7. The first kappa shape index (κ1) is 10.9. The molecule has 0 saturated heterocycles. The fourth-order valence-corrected chi connectivity index (χ4v) is 2.04. The number of benzene rings is 1. The van der Waals surface area contributed by atoms with Crippen LogP contribution in [0.25, 0.3) is 0 Å². The van der Waals surface area contributed by atoms with Gasteiger partial charge in [0, 0.05) is 6.42 Å². The van der Waals surface area contributed by atoms with Crippen LogP contribution in [0.3, 0.4) is 0 Å². The van der Waals surface area contributed by atoms with Gasteiger partial charge in [0.25, 0.3) is 0 Å². The zero-order valence-corrected chi connectivity index (χ0v) is 10.1. The number of hydrazone groups is 1. The number of anilines is 1. The summed E-state index contributed by atoms with van der Waals surface area (Å²) < 4.78 is 5.44. The molecule has 0 saturated carbocycles. The molecular formula is C12H14N4O2. The number of hydrogen-bond donors (Lipinski definition) is 2. The molecule has 0 spiro atoms. The summed E-state index contributed by atoms with van der Waals surface area (Å²) >= 11 is 0. The van der Waals surface area contributed by atoms with Crippen LogP contribution in [-0.4, -0.2) is 29.9 Å². The molecule has 0 aliphatic carbocycles. The van der Waals surface area contributed by atoms with Crippen molar-refractivity contribution in [1.29, 1.82) is 0 Å². The number of fused-ring (bicyclic) bond motifs is 1. The number of rotatable bonds is 2. The summed E-state index contributed by atoms with van der Waals surface area (Å²) in [5.74, 6) is 0.932. The molecule has 94 valence electrons. The molecule has 0 unspecified atom stereocenters. The van der Waals surface area contributed by atoms with Crippen molar-refractivity contribution in [2.75, 3.05) is 18.6 Å². The van der Waals surface area contributed by atoms with Gasteiger partial charge >= 0.3 is 6.03 Å². The van der Waals surface area contributed by atoms with Crippen LogP contribution in [0.5, 0.6) is 5.75 Å². The summed E-state index contributed by atoms with van der Waals surface area (Å²) in [6, 6.07) is 5.58. The fraction of sp³-hybridized carbons (Fsp3) is 0.333. The van der Waals surface area contributed by atoms with E-state index in [9.17, 15) is 4.79 Å². The lowest BCUT2D eigenvalue weighted by atomic mass is 10.1. The van der Waals surface area contributed by atoms with Crippen LogP contribution in [0.2, 0.25) is 0 Å². The van der Waals surface area contributed by atoms with Crippen molar-refractivity contribution in [3.8, 4) is 5.75 Å². The Balaban J connectivity index is 1.76. The molecule has 0 fully saturated rings. The molecule has 3 rings (SSSR count). The summed E-state index contributed by atoms with van der Waals surface area (Å²) in [6.07, 6.45) is 0.914. The molecule has 0 aromatic heterocycles. The van der Waals surface area contributed by atoms with E-state index in [2.05, 4.69) is 16.0 Å². The summed E-state index contributed by atoms with van der Waals surface area (Å²) in [5.41, 5.74) is 8.42. The summed E-state index contributed by atoms with van der Waals surface area (Å²) in [4.78, 5) is 11.6. The lowest BCUT2D eigenvalue weighted by Crippen LogP contribution is -2.48. The van der Waals surface area contributed by atoms with Crippen LogP contribution >= 0.6 is 0 Å². The zero-order valence-electron chi connectivity index (χ0n) is 10.1. The Hall–Kier alpha value is -2.24. The first-order valence-corrected chi connectivity index (χ1v) is 5.85. The van der Waals surface area contributed by atoms with Crippen molar-refractivity contribution >= 4 is 17.4 Å². The highest BCUT2D eigenvalue weighted by Crippen LogP contribution is 2.28. The standard InChI is InChI=1S/C12H14N4O2/c1-8-7-16(12(17)14-13-8)15-10-2-3-11-9(6-10)4-5-18-11/h2-3,6,15H,4-5,7H2,1H3,(H,14,17). The van der Waals surface area contributed by atoms with Gasteiger partial charge in [-0.05, 0) is 30.7 Å². The predicted molar refractivity (Wildman–Crippen MR) is 67.6 cm³/mol. The van der Waals surface area contributed by atoms with Gasteiger partial charge < -0.3 is 4.74 Å². The highest BCUT2D eigenvalue weighted by molar-refractivity contribution is 5.92. The molecular weight excluding hydrogens is 232 g/mol. The molecule has 2 amide bonds. The number of ether oxygens (including phenoxy) is 1. The lowest BCUT2D eigenvalue weighted by Gasteiger charge is -2.26. The Morgan fingerprint density at radius 2 is 2.39 bits per heavy atom. The van der Waals surface area contributed by atoms with Gasteiger partial charge in [-0.1, -0.05) is 0 Å². The number of nitrogens with zero attached hydrogens (tertiary/aromatic N) is 2. The van der Waals surface area contributed by atoms with Crippen LogP contribution in [0.4, 0.5) is 10.5 Å². The Labute approximate surface area is 105 Å². The van der Waals surface area contributed by atoms with E-state index in [-0.39, 0.29) is 6.03 Å². The second-order valence-electron chi connectivity index (χ2n) is 4.38. The fourth-order valence-electron chi connectivity index (χ4n) is 2.04. The molecule has 6 nitrogen and oxygen atoms in total. The van der Waals surface area contributed by atoms with Crippen molar-refractivity contribution < 1.29 is 9.53 Å². The first-order chi connectivity index (χ1) is 8.72. The van der Waals surface area contributed by atoms with Gasteiger partial charge in [0.1, 0.15) is 5.75 Å². The Kier molecular flexibility index (Phi) is 2.55. The number of hydrogen-bond acceptors (Lipinski definition) is 4. The predicted octanol–water partition coefficient (Wildman–Crippen LogP) is 1.35. The zero-order chi connectivity index (χ0) is 12.5. The van der Waals surface area contributed by atoms with Crippen molar-refractivity contribution in [2.24, 2.45) is 5.10 Å². The Morgan fingerprint density at radius 3 is 3.28 bits per heavy atom. The lowest BCUT2D eigenvalue weighted by molar-refractivity contribution is 0.211. The smallest absolute Gasteiger partial charge is 0.356 e. The number of hydrazine groups is 1. The second-order valence-corrected chi connectivity index (χ2v) is 4.38. The van der Waals surface area contributed by atoms with Crippen LogP contribution in [0, 0.1) is 0 Å². The number of amides is 2. The summed E-state index contributed by atoms with van der Waals surface area (Å²) in [5, 5.41) is 5.38. The molecule has 1 aromatic carbocycles. The highest BCUT2D eigenvalue weighted by atomic mass is 16.5. The molecule has 0 radical (unpaired) electrons. The quantitative estimate of drug-likeness (QED) is 0.827. The van der Waals surface area contributed by atoms with Crippen LogP contribution in [0.15, 0.2) is 23.3 Å². The first-order valence-electron chi connectivity index (χ1n) is 5.85. The summed E-state index contributed by atoms with van der Waals surface area (Å²) in [6.45, 7) is 3.07. The topological polar surface area (TPSA) is 66.0 Å². The van der Waals surface area contributed by atoms with E-state index in [0.29, 0.717) is 6.54 Å².